The van der Waals surface area contributed by atoms with Gasteiger partial charge < -0.3 is 15.4 Å². The van der Waals surface area contributed by atoms with Crippen LogP contribution >= 0.6 is 0 Å². The largest absolute Gasteiger partial charge is 0.380 e. The maximum absolute atomic E-state index is 12.1. The molecule has 2 rings (SSSR count). The molecular formula is C13H24N2O2. The van der Waals surface area contributed by atoms with E-state index in [9.17, 15) is 4.79 Å². The lowest BCUT2D eigenvalue weighted by Gasteiger charge is -2.41. The Kier molecular flexibility index (Phi) is 4.40. The van der Waals surface area contributed by atoms with Gasteiger partial charge in [-0.2, -0.15) is 0 Å². The topological polar surface area (TPSA) is 55.6 Å². The third-order valence-corrected chi connectivity index (χ3v) is 4.20. The molecule has 0 radical (unpaired) electrons. The maximum Gasteiger partial charge on any atom is 0.225 e. The van der Waals surface area contributed by atoms with E-state index in [1.807, 2.05) is 4.90 Å². The Bertz CT molecular complexity index is 254. The number of ether oxygens (including phenoxy) is 1. The highest BCUT2D eigenvalue weighted by molar-refractivity contribution is 5.76. The van der Waals surface area contributed by atoms with Gasteiger partial charge in [-0.15, -0.1) is 0 Å². The van der Waals surface area contributed by atoms with E-state index < -0.39 is 0 Å². The summed E-state index contributed by atoms with van der Waals surface area (Å²) in [6.45, 7) is 2.33. The first-order valence-corrected chi connectivity index (χ1v) is 6.73. The maximum atomic E-state index is 12.1. The standard InChI is InChI=1S/C13H24N2O2/c1-17-12(7-14)6-13(16)15-8-10-3-2-4-11(5-10)9-15/h10-12H,2-9,14H2,1H3. The van der Waals surface area contributed by atoms with Crippen LogP contribution in [0.4, 0.5) is 0 Å². The number of carbonyl (C=O) groups is 1. The molecule has 4 heteroatoms. The molecular weight excluding hydrogens is 216 g/mol. The zero-order valence-corrected chi connectivity index (χ0v) is 10.7. The predicted molar refractivity (Wildman–Crippen MR) is 66.5 cm³/mol. The molecule has 17 heavy (non-hydrogen) atoms. The molecule has 2 aliphatic rings. The number of nitrogens with zero attached hydrogens (tertiary/aromatic N) is 1. The van der Waals surface area contributed by atoms with E-state index >= 15 is 0 Å². The van der Waals surface area contributed by atoms with E-state index in [1.165, 1.54) is 25.7 Å². The molecule has 3 atom stereocenters. The van der Waals surface area contributed by atoms with Crippen LogP contribution < -0.4 is 5.73 Å². The van der Waals surface area contributed by atoms with Gasteiger partial charge in [-0.1, -0.05) is 6.42 Å². The van der Waals surface area contributed by atoms with Gasteiger partial charge in [0.05, 0.1) is 12.5 Å². The Morgan fingerprint density at radius 1 is 1.41 bits per heavy atom. The highest BCUT2D eigenvalue weighted by Crippen LogP contribution is 2.34. The fraction of sp³-hybridized carbons (Fsp3) is 0.923. The van der Waals surface area contributed by atoms with Crippen molar-refractivity contribution in [2.75, 3.05) is 26.7 Å². The number of piperidine rings is 1. The van der Waals surface area contributed by atoms with Crippen molar-refractivity contribution in [2.24, 2.45) is 17.6 Å². The van der Waals surface area contributed by atoms with E-state index in [4.69, 9.17) is 10.5 Å². The average Bonchev–Trinajstić information content (AvgIpc) is 2.35. The van der Waals surface area contributed by atoms with Crippen molar-refractivity contribution in [1.29, 1.82) is 0 Å². The van der Waals surface area contributed by atoms with Crippen LogP contribution in [0.1, 0.15) is 32.1 Å². The Balaban J connectivity index is 1.87. The number of hydrogen-bond acceptors (Lipinski definition) is 3. The fourth-order valence-corrected chi connectivity index (χ4v) is 3.22. The van der Waals surface area contributed by atoms with Crippen LogP contribution in [0.3, 0.4) is 0 Å². The minimum atomic E-state index is -0.121. The van der Waals surface area contributed by atoms with E-state index in [2.05, 4.69) is 0 Å². The Morgan fingerprint density at radius 3 is 2.59 bits per heavy atom. The summed E-state index contributed by atoms with van der Waals surface area (Å²) in [5, 5.41) is 0. The van der Waals surface area contributed by atoms with Gasteiger partial charge in [-0.25, -0.2) is 0 Å². The Hall–Kier alpha value is -0.610. The predicted octanol–water partition coefficient (Wildman–Crippen LogP) is 0.999. The van der Waals surface area contributed by atoms with Gasteiger partial charge in [-0.3, -0.25) is 4.79 Å². The minimum absolute atomic E-state index is 0.121. The minimum Gasteiger partial charge on any atom is -0.380 e. The van der Waals surface area contributed by atoms with Gasteiger partial charge in [0.15, 0.2) is 0 Å². The molecule has 2 fully saturated rings. The number of carbonyl (C=O) groups excluding carboxylic acids is 1. The van der Waals surface area contributed by atoms with Crippen LogP contribution in [0.15, 0.2) is 0 Å². The molecule has 98 valence electrons. The first-order chi connectivity index (χ1) is 8.22. The van der Waals surface area contributed by atoms with Crippen LogP contribution in [0.25, 0.3) is 0 Å². The molecule has 1 heterocycles. The monoisotopic (exact) mass is 240 g/mol. The number of rotatable bonds is 4. The fourth-order valence-electron chi connectivity index (χ4n) is 3.22. The number of amides is 1. The second-order valence-electron chi connectivity index (χ2n) is 5.49. The number of nitrogens with two attached hydrogens (primary N) is 1. The van der Waals surface area contributed by atoms with E-state index in [1.54, 1.807) is 7.11 Å². The van der Waals surface area contributed by atoms with Gasteiger partial charge in [0, 0.05) is 26.7 Å². The van der Waals surface area contributed by atoms with Crippen LogP contribution in [0.5, 0.6) is 0 Å². The second kappa shape index (κ2) is 5.83. The van der Waals surface area contributed by atoms with Crippen molar-refractivity contribution < 1.29 is 9.53 Å². The summed E-state index contributed by atoms with van der Waals surface area (Å²) in [6.07, 6.45) is 5.58. The molecule has 1 saturated carbocycles. The first-order valence-electron chi connectivity index (χ1n) is 6.73. The smallest absolute Gasteiger partial charge is 0.225 e. The zero-order valence-electron chi connectivity index (χ0n) is 10.7. The van der Waals surface area contributed by atoms with Gasteiger partial charge in [0.1, 0.15) is 0 Å². The SMILES string of the molecule is COC(CN)CC(=O)N1CC2CCCC(C2)C1. The third-order valence-electron chi connectivity index (χ3n) is 4.20. The van der Waals surface area contributed by atoms with Crippen molar-refractivity contribution in [3.05, 3.63) is 0 Å². The first kappa shape index (κ1) is 12.8. The lowest BCUT2D eigenvalue weighted by Crippen LogP contribution is -2.47. The normalized spacial score (nSPS) is 30.1. The molecule has 4 nitrogen and oxygen atoms in total. The van der Waals surface area contributed by atoms with Crippen molar-refractivity contribution in [2.45, 2.75) is 38.2 Å². The third kappa shape index (κ3) is 3.19. The molecule has 0 aromatic carbocycles. The molecule has 2 N–H and O–H groups in total. The lowest BCUT2D eigenvalue weighted by atomic mass is 9.78. The number of likely N-dealkylation sites (tertiary alicyclic amines) is 1. The molecule has 3 unspecified atom stereocenters. The van der Waals surface area contributed by atoms with E-state index in [-0.39, 0.29) is 12.0 Å². The summed E-state index contributed by atoms with van der Waals surface area (Å²) in [6, 6.07) is 0. The average molecular weight is 240 g/mol. The molecule has 0 aromatic heterocycles. The summed E-state index contributed by atoms with van der Waals surface area (Å²) in [4.78, 5) is 14.2. The Labute approximate surface area is 103 Å². The van der Waals surface area contributed by atoms with Crippen molar-refractivity contribution in [3.8, 4) is 0 Å². The highest BCUT2D eigenvalue weighted by Gasteiger charge is 2.32. The van der Waals surface area contributed by atoms with Crippen LogP contribution in [0, 0.1) is 11.8 Å². The Morgan fingerprint density at radius 2 is 2.06 bits per heavy atom. The van der Waals surface area contributed by atoms with Gasteiger partial charge >= 0.3 is 0 Å². The van der Waals surface area contributed by atoms with Gasteiger partial charge in [0.25, 0.3) is 0 Å². The molecule has 1 saturated heterocycles. The van der Waals surface area contributed by atoms with E-state index in [0.717, 1.165) is 24.9 Å². The van der Waals surface area contributed by atoms with Crippen LogP contribution in [-0.4, -0.2) is 43.7 Å². The van der Waals surface area contributed by atoms with Gasteiger partial charge in [0.2, 0.25) is 5.91 Å². The summed E-state index contributed by atoms with van der Waals surface area (Å²) in [5.74, 6) is 1.70. The highest BCUT2D eigenvalue weighted by atomic mass is 16.5. The van der Waals surface area contributed by atoms with E-state index in [0.29, 0.717) is 13.0 Å². The molecule has 0 spiro atoms. The van der Waals surface area contributed by atoms with Crippen molar-refractivity contribution in [1.82, 2.24) is 4.90 Å². The van der Waals surface area contributed by atoms with Crippen molar-refractivity contribution in [3.63, 3.8) is 0 Å². The van der Waals surface area contributed by atoms with Crippen LogP contribution in [0.2, 0.25) is 0 Å². The molecule has 1 aliphatic carbocycles. The lowest BCUT2D eigenvalue weighted by molar-refractivity contribution is -0.137. The number of methoxy groups -OCH3 is 1. The molecule has 0 aromatic rings. The van der Waals surface area contributed by atoms with Crippen LogP contribution in [-0.2, 0) is 9.53 Å². The quantitative estimate of drug-likeness (QED) is 0.797. The number of fused-ring (bicyclic) bond motifs is 2. The second-order valence-corrected chi connectivity index (χ2v) is 5.49. The molecule has 2 bridgehead atoms. The number of hydrogen-bond donors (Lipinski definition) is 1. The summed E-state index contributed by atoms with van der Waals surface area (Å²) < 4.78 is 5.18. The summed E-state index contributed by atoms with van der Waals surface area (Å²) in [7, 11) is 1.62. The van der Waals surface area contributed by atoms with Gasteiger partial charge in [-0.05, 0) is 31.1 Å². The van der Waals surface area contributed by atoms with Crippen molar-refractivity contribution >= 4 is 5.91 Å². The molecule has 1 aliphatic heterocycles. The zero-order chi connectivity index (χ0) is 12.3. The molecule has 1 amide bonds. The summed E-state index contributed by atoms with van der Waals surface area (Å²) in [5.41, 5.74) is 5.56. The summed E-state index contributed by atoms with van der Waals surface area (Å²) >= 11 is 0.